The van der Waals surface area contributed by atoms with Gasteiger partial charge in [-0.3, -0.25) is 4.99 Å². The summed E-state index contributed by atoms with van der Waals surface area (Å²) in [6, 6.07) is 7.21. The van der Waals surface area contributed by atoms with Crippen LogP contribution < -0.4 is 15.5 Å². The number of benzene rings is 1. The number of rotatable bonds is 8. The van der Waals surface area contributed by atoms with Crippen molar-refractivity contribution in [3.8, 4) is 0 Å². The van der Waals surface area contributed by atoms with E-state index >= 15 is 0 Å². The summed E-state index contributed by atoms with van der Waals surface area (Å²) in [4.78, 5) is 6.95. The van der Waals surface area contributed by atoms with E-state index in [0.29, 0.717) is 6.04 Å². The number of nitrogens with zero attached hydrogens (tertiary/aromatic N) is 2. The second-order valence-electron chi connectivity index (χ2n) is 6.37. The minimum atomic E-state index is -0.173. The van der Waals surface area contributed by atoms with Crippen molar-refractivity contribution in [1.29, 1.82) is 0 Å². The van der Waals surface area contributed by atoms with E-state index in [9.17, 15) is 4.39 Å². The van der Waals surface area contributed by atoms with Crippen LogP contribution in [0.4, 0.5) is 10.1 Å². The number of anilines is 1. The van der Waals surface area contributed by atoms with E-state index in [2.05, 4.69) is 28.7 Å². The highest BCUT2D eigenvalue weighted by Gasteiger charge is 2.21. The highest BCUT2D eigenvalue weighted by atomic mass is 127. The average Bonchev–Trinajstić information content (AvgIpc) is 2.62. The van der Waals surface area contributed by atoms with Crippen molar-refractivity contribution >= 4 is 47.4 Å². The summed E-state index contributed by atoms with van der Waals surface area (Å²) in [6.07, 6.45) is 6.69. The van der Waals surface area contributed by atoms with E-state index in [0.717, 1.165) is 57.1 Å². The molecule has 1 aliphatic heterocycles. The molecular formula is C19H32FIN4S. The largest absolute Gasteiger partial charge is 0.369 e. The maximum atomic E-state index is 13.5. The molecule has 2 rings (SSSR count). The maximum Gasteiger partial charge on any atom is 0.191 e. The molecule has 2 N–H and O–H groups in total. The Balaban J connectivity index is 0.00000338. The van der Waals surface area contributed by atoms with Crippen LogP contribution in [0.1, 0.15) is 32.6 Å². The Labute approximate surface area is 178 Å². The number of hydrogen-bond donors (Lipinski definition) is 2. The number of thioether (sulfide) groups is 1. The van der Waals surface area contributed by atoms with Gasteiger partial charge in [0.25, 0.3) is 0 Å². The lowest BCUT2D eigenvalue weighted by molar-refractivity contribution is 0.467. The third-order valence-corrected chi connectivity index (χ3v) is 5.00. The Morgan fingerprint density at radius 3 is 2.96 bits per heavy atom. The van der Waals surface area contributed by atoms with Crippen LogP contribution in [0.3, 0.4) is 0 Å². The Kier molecular flexibility index (Phi) is 12.1. The van der Waals surface area contributed by atoms with Crippen LogP contribution in [0.5, 0.6) is 0 Å². The SMILES string of the molecule is CCNC(=NCCCCSC)NC1CCCN(c2cccc(F)c2)C1.I. The van der Waals surface area contributed by atoms with E-state index in [1.807, 2.05) is 17.8 Å². The van der Waals surface area contributed by atoms with Crippen LogP contribution in [0.15, 0.2) is 29.3 Å². The fourth-order valence-electron chi connectivity index (χ4n) is 3.06. The van der Waals surface area contributed by atoms with Crippen LogP contribution >= 0.6 is 35.7 Å². The third-order valence-electron chi connectivity index (χ3n) is 4.31. The summed E-state index contributed by atoms with van der Waals surface area (Å²) in [5, 5.41) is 6.90. The lowest BCUT2D eigenvalue weighted by atomic mass is 10.0. The Morgan fingerprint density at radius 2 is 2.23 bits per heavy atom. The molecule has 26 heavy (non-hydrogen) atoms. The molecular weight excluding hydrogens is 462 g/mol. The van der Waals surface area contributed by atoms with Gasteiger partial charge >= 0.3 is 0 Å². The second-order valence-corrected chi connectivity index (χ2v) is 7.36. The maximum absolute atomic E-state index is 13.5. The summed E-state index contributed by atoms with van der Waals surface area (Å²) in [7, 11) is 0. The molecule has 1 heterocycles. The van der Waals surface area contributed by atoms with E-state index in [1.165, 1.54) is 18.2 Å². The molecule has 0 amide bonds. The molecule has 1 fully saturated rings. The quantitative estimate of drug-likeness (QED) is 0.247. The third kappa shape index (κ3) is 8.33. The molecule has 0 bridgehead atoms. The van der Waals surface area contributed by atoms with E-state index < -0.39 is 0 Å². The van der Waals surface area contributed by atoms with Gasteiger partial charge in [0.1, 0.15) is 5.82 Å². The highest BCUT2D eigenvalue weighted by molar-refractivity contribution is 14.0. The Morgan fingerprint density at radius 1 is 1.38 bits per heavy atom. The predicted molar refractivity (Wildman–Crippen MR) is 124 cm³/mol. The summed E-state index contributed by atoms with van der Waals surface area (Å²) < 4.78 is 13.5. The number of hydrogen-bond acceptors (Lipinski definition) is 3. The summed E-state index contributed by atoms with van der Waals surface area (Å²) >= 11 is 1.89. The number of aliphatic imine (C=N–C) groups is 1. The van der Waals surface area contributed by atoms with Gasteiger partial charge < -0.3 is 15.5 Å². The number of nitrogens with one attached hydrogen (secondary N) is 2. The molecule has 0 aliphatic carbocycles. The normalized spacial score (nSPS) is 17.6. The van der Waals surface area contributed by atoms with Gasteiger partial charge in [-0.05, 0) is 62.8 Å². The lowest BCUT2D eigenvalue weighted by Crippen LogP contribution is -2.51. The van der Waals surface area contributed by atoms with Crippen molar-refractivity contribution < 1.29 is 4.39 Å². The average molecular weight is 494 g/mol. The minimum Gasteiger partial charge on any atom is -0.369 e. The first kappa shape index (κ1) is 23.3. The van der Waals surface area contributed by atoms with E-state index in [-0.39, 0.29) is 29.8 Å². The van der Waals surface area contributed by atoms with Gasteiger partial charge in [-0.25, -0.2) is 4.39 Å². The zero-order valence-electron chi connectivity index (χ0n) is 15.8. The van der Waals surface area contributed by atoms with Crippen LogP contribution in [0, 0.1) is 5.82 Å². The van der Waals surface area contributed by atoms with Crippen LogP contribution in [-0.2, 0) is 0 Å². The van der Waals surface area contributed by atoms with Gasteiger partial charge in [0.15, 0.2) is 5.96 Å². The zero-order chi connectivity index (χ0) is 17.9. The van der Waals surface area contributed by atoms with Gasteiger partial charge in [-0.15, -0.1) is 24.0 Å². The number of unbranched alkanes of at least 4 members (excludes halogenated alkanes) is 1. The molecule has 1 aromatic carbocycles. The molecule has 4 nitrogen and oxygen atoms in total. The Hall–Kier alpha value is -0.700. The van der Waals surface area contributed by atoms with Gasteiger partial charge in [0.2, 0.25) is 0 Å². The molecule has 1 aliphatic rings. The van der Waals surface area contributed by atoms with Crippen LogP contribution in [-0.4, -0.2) is 50.2 Å². The molecule has 1 saturated heterocycles. The van der Waals surface area contributed by atoms with Crippen molar-refractivity contribution in [3.05, 3.63) is 30.1 Å². The van der Waals surface area contributed by atoms with E-state index in [4.69, 9.17) is 4.99 Å². The molecule has 1 unspecified atom stereocenters. The first-order valence-corrected chi connectivity index (χ1v) is 10.7. The minimum absolute atomic E-state index is 0. The smallest absolute Gasteiger partial charge is 0.191 e. The summed E-state index contributed by atoms with van der Waals surface area (Å²) in [5.74, 6) is 1.93. The van der Waals surface area contributed by atoms with Crippen molar-refractivity contribution in [2.24, 2.45) is 4.99 Å². The van der Waals surface area contributed by atoms with Crippen LogP contribution in [0.25, 0.3) is 0 Å². The van der Waals surface area contributed by atoms with Gasteiger partial charge in [-0.1, -0.05) is 6.07 Å². The van der Waals surface area contributed by atoms with Crippen molar-refractivity contribution in [2.45, 2.75) is 38.6 Å². The number of piperidine rings is 1. The fraction of sp³-hybridized carbons (Fsp3) is 0.632. The molecule has 1 atom stereocenters. The van der Waals surface area contributed by atoms with Gasteiger partial charge in [0, 0.05) is 37.9 Å². The summed E-state index contributed by atoms with van der Waals surface area (Å²) in [5.41, 5.74) is 0.963. The molecule has 0 saturated carbocycles. The number of guanidine groups is 1. The molecule has 0 aromatic heterocycles. The first-order chi connectivity index (χ1) is 12.2. The second kappa shape index (κ2) is 13.5. The number of halogens is 2. The zero-order valence-corrected chi connectivity index (χ0v) is 19.0. The van der Waals surface area contributed by atoms with Gasteiger partial charge in [-0.2, -0.15) is 11.8 Å². The van der Waals surface area contributed by atoms with Crippen molar-refractivity contribution in [2.75, 3.05) is 43.1 Å². The molecule has 0 spiro atoms. The summed E-state index contributed by atoms with van der Waals surface area (Å²) in [6.45, 7) is 5.66. The Bertz CT molecular complexity index is 544. The standard InChI is InChI=1S/C19H31FN4S.HI/c1-3-21-19(22-11-4-5-13-25-2)23-17-9-7-12-24(15-17)18-10-6-8-16(20)14-18;/h6,8,10,14,17H,3-5,7,9,11-13,15H2,1-2H3,(H2,21,22,23);1H. The van der Waals surface area contributed by atoms with Crippen LogP contribution in [0.2, 0.25) is 0 Å². The predicted octanol–water partition coefficient (Wildman–Crippen LogP) is 4.11. The van der Waals surface area contributed by atoms with Crippen molar-refractivity contribution in [3.63, 3.8) is 0 Å². The molecule has 7 heteroatoms. The molecule has 0 radical (unpaired) electrons. The monoisotopic (exact) mass is 494 g/mol. The fourth-order valence-corrected chi connectivity index (χ4v) is 3.56. The topological polar surface area (TPSA) is 39.7 Å². The van der Waals surface area contributed by atoms with Gasteiger partial charge in [0.05, 0.1) is 0 Å². The molecule has 148 valence electrons. The first-order valence-electron chi connectivity index (χ1n) is 9.27. The van der Waals surface area contributed by atoms with E-state index in [1.54, 1.807) is 12.1 Å². The molecule has 1 aromatic rings. The lowest BCUT2D eigenvalue weighted by Gasteiger charge is -2.35. The van der Waals surface area contributed by atoms with Crippen molar-refractivity contribution in [1.82, 2.24) is 10.6 Å². The highest BCUT2D eigenvalue weighted by Crippen LogP contribution is 2.20.